The van der Waals surface area contributed by atoms with E-state index in [0.29, 0.717) is 13.0 Å². The van der Waals surface area contributed by atoms with Crippen LogP contribution in [0.25, 0.3) is 0 Å². The van der Waals surface area contributed by atoms with E-state index in [4.69, 9.17) is 9.47 Å². The molecular weight excluding hydrogens is 244 g/mol. The highest BCUT2D eigenvalue weighted by atomic mass is 16.5. The van der Waals surface area contributed by atoms with Gasteiger partial charge < -0.3 is 14.6 Å². The van der Waals surface area contributed by atoms with Gasteiger partial charge in [-0.25, -0.2) is 0 Å². The summed E-state index contributed by atoms with van der Waals surface area (Å²) in [6.45, 7) is 3.94. The molecule has 0 aliphatic rings. The van der Waals surface area contributed by atoms with Gasteiger partial charge in [0.15, 0.2) is 5.78 Å². The molecule has 0 aliphatic carbocycles. The van der Waals surface area contributed by atoms with E-state index in [1.807, 2.05) is 31.2 Å². The SMILES string of the molecule is CC[C@@H](O)CC(=O)[C@H](C)OCc1ccc(OC)cc1. The topological polar surface area (TPSA) is 55.8 Å². The summed E-state index contributed by atoms with van der Waals surface area (Å²) in [5.74, 6) is 0.724. The number of hydrogen-bond donors (Lipinski definition) is 1. The van der Waals surface area contributed by atoms with Gasteiger partial charge in [0.05, 0.1) is 19.8 Å². The average molecular weight is 266 g/mol. The van der Waals surface area contributed by atoms with Gasteiger partial charge in [0, 0.05) is 6.42 Å². The monoisotopic (exact) mass is 266 g/mol. The maximum atomic E-state index is 11.7. The maximum Gasteiger partial charge on any atom is 0.163 e. The Hall–Kier alpha value is -1.39. The quantitative estimate of drug-likeness (QED) is 0.784. The van der Waals surface area contributed by atoms with Crippen LogP contribution in [0.3, 0.4) is 0 Å². The summed E-state index contributed by atoms with van der Waals surface area (Å²) in [7, 11) is 1.62. The third-order valence-corrected chi connectivity index (χ3v) is 3.02. The van der Waals surface area contributed by atoms with Gasteiger partial charge in [-0.15, -0.1) is 0 Å². The molecule has 0 fully saturated rings. The van der Waals surface area contributed by atoms with E-state index < -0.39 is 12.2 Å². The van der Waals surface area contributed by atoms with Crippen LogP contribution in [0.5, 0.6) is 5.75 Å². The first kappa shape index (κ1) is 15.7. The number of methoxy groups -OCH3 is 1. The molecule has 1 rings (SSSR count). The van der Waals surface area contributed by atoms with Gasteiger partial charge in [-0.3, -0.25) is 4.79 Å². The first-order chi connectivity index (χ1) is 9.06. The van der Waals surface area contributed by atoms with Gasteiger partial charge >= 0.3 is 0 Å². The van der Waals surface area contributed by atoms with E-state index >= 15 is 0 Å². The summed E-state index contributed by atoms with van der Waals surface area (Å²) in [6, 6.07) is 7.51. The van der Waals surface area contributed by atoms with Crippen molar-refractivity contribution in [1.29, 1.82) is 0 Å². The normalized spacial score (nSPS) is 13.9. The molecule has 0 aromatic heterocycles. The first-order valence-electron chi connectivity index (χ1n) is 6.52. The molecule has 1 aromatic carbocycles. The first-order valence-corrected chi connectivity index (χ1v) is 6.52. The van der Waals surface area contributed by atoms with Crippen molar-refractivity contribution in [3.63, 3.8) is 0 Å². The lowest BCUT2D eigenvalue weighted by atomic mass is 10.1. The van der Waals surface area contributed by atoms with Gasteiger partial charge in [0.2, 0.25) is 0 Å². The zero-order valence-electron chi connectivity index (χ0n) is 11.8. The zero-order chi connectivity index (χ0) is 14.3. The second-order valence-electron chi connectivity index (χ2n) is 4.53. The lowest BCUT2D eigenvalue weighted by molar-refractivity contribution is -0.132. The summed E-state index contributed by atoms with van der Waals surface area (Å²) in [6.07, 6.45) is -0.333. The van der Waals surface area contributed by atoms with Gasteiger partial charge in [0.25, 0.3) is 0 Å². The fourth-order valence-corrected chi connectivity index (χ4v) is 1.58. The third-order valence-electron chi connectivity index (χ3n) is 3.02. The fraction of sp³-hybridized carbons (Fsp3) is 0.533. The van der Waals surface area contributed by atoms with Crippen LogP contribution in [0.4, 0.5) is 0 Å². The molecule has 0 saturated heterocycles. The summed E-state index contributed by atoms with van der Waals surface area (Å²) >= 11 is 0. The van der Waals surface area contributed by atoms with Crippen molar-refractivity contribution in [2.24, 2.45) is 0 Å². The molecule has 4 heteroatoms. The van der Waals surface area contributed by atoms with E-state index in [9.17, 15) is 9.90 Å². The van der Waals surface area contributed by atoms with Crippen molar-refractivity contribution in [3.05, 3.63) is 29.8 Å². The minimum absolute atomic E-state index is 0.0668. The number of aliphatic hydroxyl groups is 1. The number of benzene rings is 1. The van der Waals surface area contributed by atoms with Crippen LogP contribution in [0.2, 0.25) is 0 Å². The van der Waals surface area contributed by atoms with Crippen LogP contribution < -0.4 is 4.74 Å². The average Bonchev–Trinajstić information content (AvgIpc) is 2.44. The minimum atomic E-state index is -0.570. The Bertz CT molecular complexity index is 386. The van der Waals surface area contributed by atoms with Crippen molar-refractivity contribution in [3.8, 4) is 5.75 Å². The molecule has 19 heavy (non-hydrogen) atoms. The van der Waals surface area contributed by atoms with Crippen LogP contribution in [0, 0.1) is 0 Å². The molecule has 0 heterocycles. The molecule has 1 N–H and O–H groups in total. The number of Topliss-reactive ketones (excluding diaryl/α,β-unsaturated/α-hetero) is 1. The molecule has 0 amide bonds. The van der Waals surface area contributed by atoms with Crippen LogP contribution in [-0.2, 0) is 16.1 Å². The second kappa shape index (κ2) is 7.92. The molecule has 2 atom stereocenters. The molecular formula is C15H22O4. The Kier molecular flexibility index (Phi) is 6.53. The van der Waals surface area contributed by atoms with Gasteiger partial charge in [-0.1, -0.05) is 19.1 Å². The van der Waals surface area contributed by atoms with E-state index in [2.05, 4.69) is 0 Å². The van der Waals surface area contributed by atoms with Crippen molar-refractivity contribution >= 4 is 5.78 Å². The van der Waals surface area contributed by atoms with Crippen LogP contribution in [0.15, 0.2) is 24.3 Å². The third kappa shape index (κ3) is 5.41. The van der Waals surface area contributed by atoms with Crippen molar-refractivity contribution in [2.45, 2.75) is 45.5 Å². The molecule has 4 nitrogen and oxygen atoms in total. The van der Waals surface area contributed by atoms with Crippen LogP contribution in [0.1, 0.15) is 32.3 Å². The zero-order valence-corrected chi connectivity index (χ0v) is 11.8. The number of aliphatic hydroxyl groups excluding tert-OH is 1. The highest BCUT2D eigenvalue weighted by molar-refractivity contribution is 5.83. The molecule has 1 aromatic rings. The second-order valence-corrected chi connectivity index (χ2v) is 4.53. The van der Waals surface area contributed by atoms with E-state index in [1.165, 1.54) is 0 Å². The smallest absolute Gasteiger partial charge is 0.163 e. The van der Waals surface area contributed by atoms with Gasteiger partial charge in [0.1, 0.15) is 11.9 Å². The van der Waals surface area contributed by atoms with E-state index in [0.717, 1.165) is 11.3 Å². The Morgan fingerprint density at radius 1 is 1.32 bits per heavy atom. The number of carbonyl (C=O) groups is 1. The summed E-state index contributed by atoms with van der Waals surface area (Å²) in [5.41, 5.74) is 0.983. The summed E-state index contributed by atoms with van der Waals surface area (Å²) in [5, 5.41) is 9.43. The van der Waals surface area contributed by atoms with Crippen LogP contribution >= 0.6 is 0 Å². The van der Waals surface area contributed by atoms with Gasteiger partial charge in [-0.05, 0) is 31.0 Å². The predicted octanol–water partition coefficient (Wildman–Crippen LogP) is 2.33. The van der Waals surface area contributed by atoms with Crippen molar-refractivity contribution < 1.29 is 19.4 Å². The van der Waals surface area contributed by atoms with E-state index in [-0.39, 0.29) is 12.2 Å². The minimum Gasteiger partial charge on any atom is -0.497 e. The fourth-order valence-electron chi connectivity index (χ4n) is 1.58. The molecule has 0 unspecified atom stereocenters. The predicted molar refractivity (Wildman–Crippen MR) is 73.2 cm³/mol. The lowest BCUT2D eigenvalue weighted by Gasteiger charge is -2.14. The van der Waals surface area contributed by atoms with Crippen LogP contribution in [-0.4, -0.2) is 30.2 Å². The number of rotatable bonds is 8. The summed E-state index contributed by atoms with van der Waals surface area (Å²) in [4.78, 5) is 11.7. The summed E-state index contributed by atoms with van der Waals surface area (Å²) < 4.78 is 10.6. The Morgan fingerprint density at radius 2 is 1.95 bits per heavy atom. The molecule has 106 valence electrons. The molecule has 0 saturated carbocycles. The number of carbonyl (C=O) groups excluding carboxylic acids is 1. The molecule has 0 radical (unpaired) electrons. The molecule has 0 aliphatic heterocycles. The molecule has 0 spiro atoms. The highest BCUT2D eigenvalue weighted by Gasteiger charge is 2.16. The maximum absolute atomic E-state index is 11.7. The molecule has 0 bridgehead atoms. The Balaban J connectivity index is 2.40. The highest BCUT2D eigenvalue weighted by Crippen LogP contribution is 2.13. The lowest BCUT2D eigenvalue weighted by Crippen LogP contribution is -2.24. The Morgan fingerprint density at radius 3 is 2.47 bits per heavy atom. The number of ketones is 1. The number of hydrogen-bond acceptors (Lipinski definition) is 4. The standard InChI is InChI=1S/C15H22O4/c1-4-13(16)9-15(17)11(2)19-10-12-5-7-14(18-3)8-6-12/h5-8,11,13,16H,4,9-10H2,1-3H3/t11-,13+/m0/s1. The largest absolute Gasteiger partial charge is 0.497 e. The van der Waals surface area contributed by atoms with Gasteiger partial charge in [-0.2, -0.15) is 0 Å². The van der Waals surface area contributed by atoms with Crippen molar-refractivity contribution in [1.82, 2.24) is 0 Å². The van der Waals surface area contributed by atoms with E-state index in [1.54, 1.807) is 14.0 Å². The Labute approximate surface area is 114 Å². The number of ether oxygens (including phenoxy) is 2. The van der Waals surface area contributed by atoms with Crippen molar-refractivity contribution in [2.75, 3.05) is 7.11 Å².